The van der Waals surface area contributed by atoms with E-state index < -0.39 is 20.5 Å². The maximum Gasteiger partial charge on any atom is 2.00 e. The van der Waals surface area contributed by atoms with Gasteiger partial charge in [-0.2, -0.15) is 0 Å². The number of hydrogen-bond donors (Lipinski definition) is 3. The van der Waals surface area contributed by atoms with Gasteiger partial charge in [-0.25, -0.2) is 37.3 Å². The number of phenolic OH excluding ortho intramolecular Hbond substituents is 3. The molecule has 0 aliphatic rings. The van der Waals surface area contributed by atoms with Crippen LogP contribution in [0.2, 0.25) is 0 Å². The van der Waals surface area contributed by atoms with Crippen molar-refractivity contribution in [1.82, 2.24) is 15.0 Å². The minimum atomic E-state index is -4.94. The topological polar surface area (TPSA) is 321 Å². The van der Waals surface area contributed by atoms with Crippen molar-refractivity contribution in [2.45, 2.75) is 0 Å². The SMILES string of the molecule is Oc1ccc(N=Cc2ccccn2)cc1.Oc1ccc(N=Cc2ccccn2)cc1.Oc1ccc(N=Cc2ccccn2)cc1.[Fe+2].[O-][Cl+3]([O-])([O-])[O-].[O-][Cl+3]([O-])([O-])[O-]. The van der Waals surface area contributed by atoms with Crippen molar-refractivity contribution >= 4 is 35.7 Å². The third-order valence-electron chi connectivity index (χ3n) is 5.65. The van der Waals surface area contributed by atoms with Gasteiger partial charge >= 0.3 is 17.1 Å². The number of aromatic nitrogens is 3. The summed E-state index contributed by atoms with van der Waals surface area (Å²) in [6.07, 6.45) is 10.2. The monoisotopic (exact) mass is 848 g/mol. The molecule has 3 aromatic heterocycles. The average molecular weight is 849 g/mol. The van der Waals surface area contributed by atoms with Crippen LogP contribution in [0.5, 0.6) is 17.2 Å². The number of hydrogen-bond acceptors (Lipinski definition) is 17. The summed E-state index contributed by atoms with van der Waals surface area (Å²) >= 11 is 0. The van der Waals surface area contributed by atoms with Gasteiger partial charge in [-0.15, -0.1) is 20.5 Å². The Morgan fingerprint density at radius 2 is 0.589 bits per heavy atom. The molecule has 6 rings (SSSR count). The van der Waals surface area contributed by atoms with Gasteiger partial charge in [0.05, 0.1) is 52.8 Å². The number of nitrogens with zero attached hydrogens (tertiary/aromatic N) is 6. The summed E-state index contributed by atoms with van der Waals surface area (Å²) in [4.78, 5) is 25.0. The summed E-state index contributed by atoms with van der Waals surface area (Å²) in [6.45, 7) is 0. The normalized spacial score (nSPS) is 10.7. The quantitative estimate of drug-likeness (QED) is 0.122. The van der Waals surface area contributed by atoms with Crippen molar-refractivity contribution in [2.75, 3.05) is 0 Å². The third-order valence-corrected chi connectivity index (χ3v) is 5.65. The minimum Gasteiger partial charge on any atom is -0.508 e. The number of aliphatic imine (C=N–C) groups is 3. The molecule has 0 aliphatic carbocycles. The zero-order chi connectivity index (χ0) is 40.5. The summed E-state index contributed by atoms with van der Waals surface area (Å²) in [7, 11) is -9.89. The van der Waals surface area contributed by atoms with Gasteiger partial charge in [0, 0.05) is 18.6 Å². The van der Waals surface area contributed by atoms with Gasteiger partial charge in [0.2, 0.25) is 0 Å². The molecule has 0 atom stereocenters. The molecule has 0 fully saturated rings. The minimum absolute atomic E-state index is 0. The summed E-state index contributed by atoms with van der Waals surface area (Å²) in [6, 6.07) is 37.0. The summed E-state index contributed by atoms with van der Waals surface area (Å²) in [5, 5.41) is 27.2. The van der Waals surface area contributed by atoms with E-state index in [2.05, 4.69) is 29.9 Å². The molecule has 3 aromatic carbocycles. The molecule has 0 radical (unpaired) electrons. The molecular weight excluding hydrogens is 819 g/mol. The molecule has 0 aliphatic heterocycles. The fraction of sp³-hybridized carbons (Fsp3) is 0. The van der Waals surface area contributed by atoms with Gasteiger partial charge in [0.15, 0.2) is 0 Å². The van der Waals surface area contributed by atoms with Crippen LogP contribution in [0.1, 0.15) is 17.1 Å². The van der Waals surface area contributed by atoms with E-state index in [-0.39, 0.29) is 34.3 Å². The second kappa shape index (κ2) is 26.2. The van der Waals surface area contributed by atoms with Crippen LogP contribution in [-0.4, -0.2) is 48.9 Å². The second-order valence-electron chi connectivity index (χ2n) is 9.84. The number of phenols is 3. The van der Waals surface area contributed by atoms with Gasteiger partial charge in [-0.3, -0.25) is 29.9 Å². The second-order valence-corrected chi connectivity index (χ2v) is 11.4. The van der Waals surface area contributed by atoms with E-state index in [0.717, 1.165) is 34.1 Å². The molecule has 0 saturated heterocycles. The Morgan fingerprint density at radius 1 is 0.375 bits per heavy atom. The first kappa shape index (κ1) is 48.3. The Balaban J connectivity index is 0.000000372. The molecule has 292 valence electrons. The molecule has 6 aromatic rings. The van der Waals surface area contributed by atoms with Gasteiger partial charge in [0.1, 0.15) is 17.2 Å². The van der Waals surface area contributed by atoms with E-state index in [9.17, 15) is 0 Å². The van der Waals surface area contributed by atoms with Crippen molar-refractivity contribution in [1.29, 1.82) is 0 Å². The largest absolute Gasteiger partial charge is 2.00 e. The Kier molecular flexibility index (Phi) is 22.6. The van der Waals surface area contributed by atoms with Gasteiger partial charge in [-0.05, 0) is 109 Å². The molecule has 0 unspecified atom stereocenters. The van der Waals surface area contributed by atoms with Gasteiger partial charge in [0.25, 0.3) is 0 Å². The van der Waals surface area contributed by atoms with E-state index in [4.69, 9.17) is 52.6 Å². The molecule has 56 heavy (non-hydrogen) atoms. The number of rotatable bonds is 6. The first-order chi connectivity index (χ1) is 26.0. The van der Waals surface area contributed by atoms with Crippen LogP contribution >= 0.6 is 0 Å². The van der Waals surface area contributed by atoms with E-state index in [1.807, 2.05) is 54.6 Å². The molecule has 0 saturated carbocycles. The molecule has 3 heterocycles. The van der Waals surface area contributed by atoms with Crippen molar-refractivity contribution in [3.63, 3.8) is 0 Å². The van der Waals surface area contributed by atoms with Crippen LogP contribution in [0.3, 0.4) is 0 Å². The predicted molar refractivity (Wildman–Crippen MR) is 179 cm³/mol. The van der Waals surface area contributed by atoms with Crippen molar-refractivity contribution < 1.29 is 90.1 Å². The average Bonchev–Trinajstić information content (AvgIpc) is 3.15. The van der Waals surface area contributed by atoms with E-state index in [1.54, 1.807) is 110 Å². The Bertz CT molecular complexity index is 1770. The standard InChI is InChI=1S/3C12H10N2O.2ClHO4.Fe/c3*15-12-6-4-10(5-7-12)14-9-11-3-1-2-8-13-11;2*2-1(3,4)5;/h3*1-9,15H;2*(H,2,3,4,5);/q;;;;;+2/p-2. The van der Waals surface area contributed by atoms with E-state index >= 15 is 0 Å². The van der Waals surface area contributed by atoms with E-state index in [1.165, 1.54) is 0 Å². The predicted octanol–water partition coefficient (Wildman–Crippen LogP) is -1.90. The Labute approximate surface area is 334 Å². The van der Waals surface area contributed by atoms with Crippen LogP contribution in [0.4, 0.5) is 17.1 Å². The third kappa shape index (κ3) is 27.0. The Hall–Kier alpha value is -5.70. The van der Waals surface area contributed by atoms with Crippen LogP contribution in [-0.2, 0) is 17.1 Å². The van der Waals surface area contributed by atoms with Crippen molar-refractivity contribution in [3.8, 4) is 17.2 Å². The first-order valence-corrected chi connectivity index (χ1v) is 17.5. The molecule has 0 amide bonds. The smallest absolute Gasteiger partial charge is 0.508 e. The number of pyridine rings is 3. The molecule has 0 bridgehead atoms. The maximum atomic E-state index is 9.08. The van der Waals surface area contributed by atoms with Crippen LogP contribution in [0.15, 0.2) is 161 Å². The molecular formula is C36H30Cl2FeN6O11. The van der Waals surface area contributed by atoms with Crippen LogP contribution < -0.4 is 37.3 Å². The fourth-order valence-electron chi connectivity index (χ4n) is 3.40. The number of aromatic hydroxyl groups is 3. The van der Waals surface area contributed by atoms with Gasteiger partial charge in [-0.1, -0.05) is 18.2 Å². The van der Waals surface area contributed by atoms with Crippen LogP contribution in [0, 0.1) is 20.5 Å². The zero-order valence-corrected chi connectivity index (χ0v) is 31.1. The van der Waals surface area contributed by atoms with E-state index in [0.29, 0.717) is 0 Å². The van der Waals surface area contributed by atoms with Crippen molar-refractivity contribution in [2.24, 2.45) is 15.0 Å². The van der Waals surface area contributed by atoms with Crippen LogP contribution in [0.25, 0.3) is 0 Å². The summed E-state index contributed by atoms with van der Waals surface area (Å²) in [5.41, 5.74) is 4.80. The number of benzene rings is 3. The number of halogens is 2. The fourth-order valence-corrected chi connectivity index (χ4v) is 3.40. The Morgan fingerprint density at radius 3 is 0.768 bits per heavy atom. The summed E-state index contributed by atoms with van der Waals surface area (Å²) in [5.74, 6) is 0.727. The molecule has 3 N–H and O–H groups in total. The molecule has 20 heteroatoms. The van der Waals surface area contributed by atoms with Gasteiger partial charge < -0.3 is 15.3 Å². The zero-order valence-electron chi connectivity index (χ0n) is 28.5. The van der Waals surface area contributed by atoms with Crippen molar-refractivity contribution in [3.05, 3.63) is 163 Å². The first-order valence-electron chi connectivity index (χ1n) is 15.0. The molecule has 0 spiro atoms. The maximum absolute atomic E-state index is 9.08. The molecule has 17 nitrogen and oxygen atoms in total. The summed E-state index contributed by atoms with van der Waals surface area (Å²) < 4.78 is 67.9.